The van der Waals surface area contributed by atoms with Crippen LogP contribution in [0, 0.1) is 6.92 Å². The minimum Gasteiger partial charge on any atom is -0.343 e. The Bertz CT molecular complexity index is 888. The molecule has 0 spiro atoms. The van der Waals surface area contributed by atoms with Crippen LogP contribution in [0.3, 0.4) is 0 Å². The van der Waals surface area contributed by atoms with Crippen molar-refractivity contribution in [3.8, 4) is 0 Å². The molecule has 6 heteroatoms. The normalized spacial score (nSPS) is 14.8. The maximum absolute atomic E-state index is 12.9. The molecular formula is C20H21N5O. The standard InChI is InChI=1S/C20H21N5O/c1-14-17(11-22-19(23-14)16-7-8-16)20(26)24-18(12-25-10-9-21-13-25)15-5-3-2-4-6-15/h2-6,9-11,13,16,18H,7-8,12H2,1H3,(H,24,26)/t18-/m0/s1. The summed E-state index contributed by atoms with van der Waals surface area (Å²) in [5, 5.41) is 3.13. The lowest BCUT2D eigenvalue weighted by atomic mass is 10.1. The van der Waals surface area contributed by atoms with Crippen molar-refractivity contribution in [3.63, 3.8) is 0 Å². The number of imidazole rings is 1. The Balaban J connectivity index is 1.55. The van der Waals surface area contributed by atoms with Gasteiger partial charge in [-0.05, 0) is 25.3 Å². The molecule has 0 unspecified atom stereocenters. The third kappa shape index (κ3) is 3.64. The Hall–Kier alpha value is -3.02. The molecule has 1 saturated carbocycles. The fourth-order valence-electron chi connectivity index (χ4n) is 3.01. The van der Waals surface area contributed by atoms with Gasteiger partial charge >= 0.3 is 0 Å². The van der Waals surface area contributed by atoms with Gasteiger partial charge in [0.15, 0.2) is 0 Å². The Morgan fingerprint density at radius 3 is 2.77 bits per heavy atom. The first-order chi connectivity index (χ1) is 12.7. The van der Waals surface area contributed by atoms with Crippen LogP contribution in [0.4, 0.5) is 0 Å². The van der Waals surface area contributed by atoms with E-state index in [4.69, 9.17) is 0 Å². The number of aromatic nitrogens is 4. The van der Waals surface area contributed by atoms with E-state index in [1.54, 1.807) is 18.7 Å². The van der Waals surface area contributed by atoms with Gasteiger partial charge in [0, 0.05) is 31.1 Å². The van der Waals surface area contributed by atoms with E-state index in [2.05, 4.69) is 20.3 Å². The first kappa shape index (κ1) is 16.4. The summed E-state index contributed by atoms with van der Waals surface area (Å²) < 4.78 is 1.96. The highest BCUT2D eigenvalue weighted by molar-refractivity contribution is 5.95. The molecule has 1 aliphatic rings. The molecule has 0 saturated heterocycles. The summed E-state index contributed by atoms with van der Waals surface area (Å²) in [6.45, 7) is 2.48. The fourth-order valence-corrected chi connectivity index (χ4v) is 3.01. The third-order valence-corrected chi connectivity index (χ3v) is 4.64. The van der Waals surface area contributed by atoms with Crippen molar-refractivity contribution in [3.05, 3.63) is 77.9 Å². The van der Waals surface area contributed by atoms with Gasteiger partial charge in [-0.15, -0.1) is 0 Å². The molecule has 132 valence electrons. The zero-order valence-electron chi connectivity index (χ0n) is 14.7. The zero-order valence-corrected chi connectivity index (χ0v) is 14.7. The van der Waals surface area contributed by atoms with E-state index in [1.165, 1.54) is 0 Å². The molecule has 6 nitrogen and oxygen atoms in total. The molecule has 2 aromatic heterocycles. The van der Waals surface area contributed by atoms with E-state index in [1.807, 2.05) is 48.0 Å². The topological polar surface area (TPSA) is 72.7 Å². The molecular weight excluding hydrogens is 326 g/mol. The van der Waals surface area contributed by atoms with E-state index in [9.17, 15) is 4.79 Å². The first-order valence-electron chi connectivity index (χ1n) is 8.86. The number of benzene rings is 1. The van der Waals surface area contributed by atoms with E-state index in [0.717, 1.165) is 29.9 Å². The summed E-state index contributed by atoms with van der Waals surface area (Å²) in [4.78, 5) is 25.9. The van der Waals surface area contributed by atoms with Crippen molar-refractivity contribution >= 4 is 5.91 Å². The van der Waals surface area contributed by atoms with Crippen molar-refractivity contribution in [2.45, 2.75) is 38.3 Å². The number of hydrogen-bond acceptors (Lipinski definition) is 4. The van der Waals surface area contributed by atoms with Gasteiger partial charge in [0.2, 0.25) is 0 Å². The molecule has 3 aromatic rings. The monoisotopic (exact) mass is 347 g/mol. The lowest BCUT2D eigenvalue weighted by Gasteiger charge is -2.20. The van der Waals surface area contributed by atoms with Crippen LogP contribution in [0.25, 0.3) is 0 Å². The van der Waals surface area contributed by atoms with E-state index < -0.39 is 0 Å². The summed E-state index contributed by atoms with van der Waals surface area (Å²) in [5.41, 5.74) is 2.30. The van der Waals surface area contributed by atoms with Gasteiger partial charge in [-0.3, -0.25) is 4.79 Å². The molecule has 0 radical (unpaired) electrons. The second-order valence-corrected chi connectivity index (χ2v) is 6.70. The molecule has 2 heterocycles. The van der Waals surface area contributed by atoms with Gasteiger partial charge in [-0.1, -0.05) is 30.3 Å². The highest BCUT2D eigenvalue weighted by Gasteiger charge is 2.27. The molecule has 1 N–H and O–H groups in total. The number of carbonyl (C=O) groups excluding carboxylic acids is 1. The van der Waals surface area contributed by atoms with Crippen LogP contribution in [0.2, 0.25) is 0 Å². The molecule has 1 aromatic carbocycles. The Morgan fingerprint density at radius 2 is 2.12 bits per heavy atom. The largest absolute Gasteiger partial charge is 0.343 e. The van der Waals surface area contributed by atoms with Crippen LogP contribution in [0.1, 0.15) is 52.2 Å². The summed E-state index contributed by atoms with van der Waals surface area (Å²) in [6.07, 6.45) is 9.32. The minimum atomic E-state index is -0.166. The number of aryl methyl sites for hydroxylation is 1. The predicted octanol–water partition coefficient (Wildman–Crippen LogP) is 3.03. The number of rotatable bonds is 6. The third-order valence-electron chi connectivity index (χ3n) is 4.64. The van der Waals surface area contributed by atoms with Crippen LogP contribution >= 0.6 is 0 Å². The molecule has 1 atom stereocenters. The second-order valence-electron chi connectivity index (χ2n) is 6.70. The summed E-state index contributed by atoms with van der Waals surface area (Å²) in [7, 11) is 0. The molecule has 1 aliphatic carbocycles. The Labute approximate surface area is 152 Å². The van der Waals surface area contributed by atoms with Crippen LogP contribution in [0.5, 0.6) is 0 Å². The maximum atomic E-state index is 12.9. The van der Waals surface area contributed by atoms with Crippen molar-refractivity contribution < 1.29 is 4.79 Å². The Kier molecular flexibility index (Phi) is 4.48. The fraction of sp³-hybridized carbons (Fsp3) is 0.300. The van der Waals surface area contributed by atoms with Crippen LogP contribution in [-0.4, -0.2) is 25.4 Å². The van der Waals surface area contributed by atoms with Crippen molar-refractivity contribution in [2.24, 2.45) is 0 Å². The van der Waals surface area contributed by atoms with Gasteiger partial charge in [-0.25, -0.2) is 15.0 Å². The number of hydrogen-bond donors (Lipinski definition) is 1. The molecule has 4 rings (SSSR count). The second kappa shape index (κ2) is 7.07. The lowest BCUT2D eigenvalue weighted by Crippen LogP contribution is -2.32. The van der Waals surface area contributed by atoms with Crippen LogP contribution in [0.15, 0.2) is 55.2 Å². The summed E-state index contributed by atoms with van der Waals surface area (Å²) in [5.74, 6) is 1.18. The molecule has 0 aliphatic heterocycles. The van der Waals surface area contributed by atoms with Crippen molar-refractivity contribution in [2.75, 3.05) is 0 Å². The Morgan fingerprint density at radius 1 is 1.31 bits per heavy atom. The predicted molar refractivity (Wildman–Crippen MR) is 97.6 cm³/mol. The quantitative estimate of drug-likeness (QED) is 0.744. The summed E-state index contributed by atoms with van der Waals surface area (Å²) in [6, 6.07) is 9.78. The number of nitrogens with one attached hydrogen (secondary N) is 1. The number of nitrogens with zero attached hydrogens (tertiary/aromatic N) is 4. The van der Waals surface area contributed by atoms with Gasteiger partial charge in [0.05, 0.1) is 23.6 Å². The number of carbonyl (C=O) groups is 1. The van der Waals surface area contributed by atoms with E-state index in [-0.39, 0.29) is 11.9 Å². The molecule has 1 fully saturated rings. The molecule has 0 bridgehead atoms. The lowest BCUT2D eigenvalue weighted by molar-refractivity contribution is 0.0931. The summed E-state index contributed by atoms with van der Waals surface area (Å²) >= 11 is 0. The van der Waals surface area contributed by atoms with E-state index in [0.29, 0.717) is 18.0 Å². The van der Waals surface area contributed by atoms with Gasteiger partial charge in [0.25, 0.3) is 5.91 Å². The first-order valence-corrected chi connectivity index (χ1v) is 8.86. The van der Waals surface area contributed by atoms with Gasteiger partial charge < -0.3 is 9.88 Å². The van der Waals surface area contributed by atoms with Gasteiger partial charge in [0.1, 0.15) is 5.82 Å². The van der Waals surface area contributed by atoms with Crippen molar-refractivity contribution in [1.29, 1.82) is 0 Å². The highest BCUT2D eigenvalue weighted by Crippen LogP contribution is 2.37. The minimum absolute atomic E-state index is 0.154. The highest BCUT2D eigenvalue weighted by atomic mass is 16.1. The SMILES string of the molecule is Cc1nc(C2CC2)ncc1C(=O)N[C@@H](Cn1ccnc1)c1ccccc1. The zero-order chi connectivity index (χ0) is 17.9. The average Bonchev–Trinajstić information content (AvgIpc) is 3.39. The van der Waals surface area contributed by atoms with Crippen LogP contribution < -0.4 is 5.32 Å². The van der Waals surface area contributed by atoms with Gasteiger partial charge in [-0.2, -0.15) is 0 Å². The molecule has 26 heavy (non-hydrogen) atoms. The van der Waals surface area contributed by atoms with Crippen LogP contribution in [-0.2, 0) is 6.54 Å². The number of amides is 1. The smallest absolute Gasteiger partial charge is 0.255 e. The van der Waals surface area contributed by atoms with E-state index >= 15 is 0 Å². The van der Waals surface area contributed by atoms with Crippen molar-refractivity contribution in [1.82, 2.24) is 24.8 Å². The maximum Gasteiger partial charge on any atom is 0.255 e. The molecule has 1 amide bonds. The average molecular weight is 347 g/mol.